The predicted octanol–water partition coefficient (Wildman–Crippen LogP) is 1.31. The van der Waals surface area contributed by atoms with E-state index in [1.165, 1.54) is 12.1 Å². The van der Waals surface area contributed by atoms with Crippen LogP contribution in [0.5, 0.6) is 5.75 Å². The lowest BCUT2D eigenvalue weighted by molar-refractivity contribution is -0.115. The number of hydrogen-bond donors (Lipinski definition) is 2. The zero-order chi connectivity index (χ0) is 16.9. The number of nitrogens with zero attached hydrogens (tertiary/aromatic N) is 1. The summed E-state index contributed by atoms with van der Waals surface area (Å²) in [6.45, 7) is 2.13. The van der Waals surface area contributed by atoms with Gasteiger partial charge in [-0.3, -0.25) is 9.78 Å². The van der Waals surface area contributed by atoms with Crippen LogP contribution in [-0.4, -0.2) is 25.9 Å². The van der Waals surface area contributed by atoms with Gasteiger partial charge in [-0.15, -0.1) is 0 Å². The Morgan fingerprint density at radius 1 is 1.35 bits per heavy atom. The molecule has 122 valence electrons. The third kappa shape index (κ3) is 5.04. The molecule has 0 unspecified atom stereocenters. The van der Waals surface area contributed by atoms with Gasteiger partial charge in [0.25, 0.3) is 0 Å². The minimum Gasteiger partial charge on any atom is -0.494 e. The first-order valence-corrected chi connectivity index (χ1v) is 8.42. The van der Waals surface area contributed by atoms with E-state index in [0.29, 0.717) is 18.0 Å². The van der Waals surface area contributed by atoms with E-state index in [1.54, 1.807) is 37.5 Å². The van der Waals surface area contributed by atoms with Crippen molar-refractivity contribution in [2.24, 2.45) is 5.14 Å². The molecule has 23 heavy (non-hydrogen) atoms. The summed E-state index contributed by atoms with van der Waals surface area (Å²) >= 11 is 0. The maximum absolute atomic E-state index is 12.1. The van der Waals surface area contributed by atoms with E-state index in [0.717, 1.165) is 5.56 Å². The van der Waals surface area contributed by atoms with E-state index < -0.39 is 10.0 Å². The van der Waals surface area contributed by atoms with E-state index in [4.69, 9.17) is 9.88 Å². The van der Waals surface area contributed by atoms with Crippen LogP contribution < -0.4 is 15.2 Å². The molecule has 3 N–H and O–H groups in total. The Morgan fingerprint density at radius 2 is 2.13 bits per heavy atom. The van der Waals surface area contributed by atoms with Crippen LogP contribution in [0.1, 0.15) is 12.5 Å². The molecule has 0 aliphatic heterocycles. The van der Waals surface area contributed by atoms with Crippen molar-refractivity contribution in [1.82, 2.24) is 4.98 Å². The van der Waals surface area contributed by atoms with E-state index in [1.807, 2.05) is 0 Å². The molecule has 2 aromatic rings. The average molecular weight is 335 g/mol. The number of ether oxygens (including phenoxy) is 1. The Balaban J connectivity index is 2.21. The standard InChI is InChI=1S/C15H17N3O4S/c1-2-22-13-7-12(8-14(9-13)23(16,20)21)18-15(19)6-11-4-3-5-17-10-11/h3-5,7-10H,2,6H2,1H3,(H,18,19)(H2,16,20,21). The van der Waals surface area contributed by atoms with Crippen LogP contribution in [0.3, 0.4) is 0 Å². The maximum Gasteiger partial charge on any atom is 0.238 e. The van der Waals surface area contributed by atoms with Crippen LogP contribution in [0, 0.1) is 0 Å². The van der Waals surface area contributed by atoms with Gasteiger partial charge < -0.3 is 10.1 Å². The second-order valence-corrected chi connectivity index (χ2v) is 6.32. The summed E-state index contributed by atoms with van der Waals surface area (Å²) in [5.41, 5.74) is 1.05. The highest BCUT2D eigenvalue weighted by Crippen LogP contribution is 2.23. The number of pyridine rings is 1. The van der Waals surface area contributed by atoms with Gasteiger partial charge in [0.1, 0.15) is 5.75 Å². The monoisotopic (exact) mass is 335 g/mol. The van der Waals surface area contributed by atoms with Gasteiger partial charge in [-0.1, -0.05) is 6.07 Å². The predicted molar refractivity (Wildman–Crippen MR) is 85.6 cm³/mol. The second kappa shape index (κ2) is 7.21. The SMILES string of the molecule is CCOc1cc(NC(=O)Cc2cccnc2)cc(S(N)(=O)=O)c1. The van der Waals surface area contributed by atoms with Crippen molar-refractivity contribution in [3.8, 4) is 5.75 Å². The number of nitrogens with one attached hydrogen (secondary N) is 1. The summed E-state index contributed by atoms with van der Waals surface area (Å²) < 4.78 is 28.3. The molecule has 1 aromatic heterocycles. The molecule has 0 atom stereocenters. The average Bonchev–Trinajstić information content (AvgIpc) is 2.47. The Morgan fingerprint density at radius 3 is 2.74 bits per heavy atom. The highest BCUT2D eigenvalue weighted by atomic mass is 32.2. The van der Waals surface area contributed by atoms with Gasteiger partial charge >= 0.3 is 0 Å². The van der Waals surface area contributed by atoms with E-state index in [-0.39, 0.29) is 17.2 Å². The van der Waals surface area contributed by atoms with Crippen LogP contribution >= 0.6 is 0 Å². The first-order chi connectivity index (χ1) is 10.9. The Bertz CT molecular complexity index is 792. The Hall–Kier alpha value is -2.45. The number of anilines is 1. The summed E-state index contributed by atoms with van der Waals surface area (Å²) in [7, 11) is -3.90. The van der Waals surface area contributed by atoms with Crippen molar-refractivity contribution in [1.29, 1.82) is 0 Å². The highest BCUT2D eigenvalue weighted by molar-refractivity contribution is 7.89. The lowest BCUT2D eigenvalue weighted by Crippen LogP contribution is -2.16. The number of primary sulfonamides is 1. The molecular weight excluding hydrogens is 318 g/mol. The summed E-state index contributed by atoms with van der Waals surface area (Å²) in [5, 5.41) is 7.78. The molecule has 0 saturated carbocycles. The fourth-order valence-corrected chi connectivity index (χ4v) is 2.52. The smallest absolute Gasteiger partial charge is 0.238 e. The van der Waals surface area contributed by atoms with Crippen LogP contribution in [0.25, 0.3) is 0 Å². The highest BCUT2D eigenvalue weighted by Gasteiger charge is 2.13. The lowest BCUT2D eigenvalue weighted by Gasteiger charge is -2.10. The number of carbonyl (C=O) groups excluding carboxylic acids is 1. The van der Waals surface area contributed by atoms with Crippen molar-refractivity contribution >= 4 is 21.6 Å². The van der Waals surface area contributed by atoms with E-state index >= 15 is 0 Å². The molecule has 0 aliphatic rings. The molecule has 0 radical (unpaired) electrons. The molecule has 0 bridgehead atoms. The zero-order valence-corrected chi connectivity index (χ0v) is 13.3. The molecule has 1 heterocycles. The minimum atomic E-state index is -3.90. The van der Waals surface area contributed by atoms with Gasteiger partial charge in [0.15, 0.2) is 0 Å². The van der Waals surface area contributed by atoms with Crippen molar-refractivity contribution in [3.63, 3.8) is 0 Å². The molecule has 0 spiro atoms. The Kier molecular flexibility index (Phi) is 5.30. The number of carbonyl (C=O) groups is 1. The summed E-state index contributed by atoms with van der Waals surface area (Å²) in [6.07, 6.45) is 3.33. The number of rotatable bonds is 6. The van der Waals surface area contributed by atoms with Gasteiger partial charge in [0.2, 0.25) is 15.9 Å². The van der Waals surface area contributed by atoms with Crippen molar-refractivity contribution < 1.29 is 17.9 Å². The topological polar surface area (TPSA) is 111 Å². The first kappa shape index (κ1) is 16.9. The molecule has 1 aromatic carbocycles. The first-order valence-electron chi connectivity index (χ1n) is 6.88. The van der Waals surface area contributed by atoms with E-state index in [9.17, 15) is 13.2 Å². The van der Waals surface area contributed by atoms with Crippen LogP contribution in [0.2, 0.25) is 0 Å². The van der Waals surface area contributed by atoms with Gasteiger partial charge in [-0.05, 0) is 24.6 Å². The molecule has 0 aliphatic carbocycles. The van der Waals surface area contributed by atoms with E-state index in [2.05, 4.69) is 10.3 Å². The minimum absolute atomic E-state index is 0.122. The number of nitrogens with two attached hydrogens (primary N) is 1. The van der Waals surface area contributed by atoms with Gasteiger partial charge in [-0.2, -0.15) is 0 Å². The van der Waals surface area contributed by atoms with Crippen molar-refractivity contribution in [2.45, 2.75) is 18.2 Å². The molecular formula is C15H17N3O4S. The fourth-order valence-electron chi connectivity index (χ4n) is 1.95. The summed E-state index contributed by atoms with van der Waals surface area (Å²) in [4.78, 5) is 15.9. The third-order valence-corrected chi connectivity index (χ3v) is 3.78. The van der Waals surface area contributed by atoms with Gasteiger partial charge in [0.05, 0.1) is 17.9 Å². The van der Waals surface area contributed by atoms with Gasteiger partial charge in [-0.25, -0.2) is 13.6 Å². The molecule has 0 saturated heterocycles. The number of hydrogen-bond acceptors (Lipinski definition) is 5. The van der Waals surface area contributed by atoms with Gasteiger partial charge in [0, 0.05) is 30.2 Å². The van der Waals surface area contributed by atoms with Crippen LogP contribution in [0.15, 0.2) is 47.6 Å². The molecule has 2 rings (SSSR count). The molecule has 0 fully saturated rings. The van der Waals surface area contributed by atoms with Crippen LogP contribution in [0.4, 0.5) is 5.69 Å². The number of benzene rings is 1. The van der Waals surface area contributed by atoms with Crippen LogP contribution in [-0.2, 0) is 21.2 Å². The largest absolute Gasteiger partial charge is 0.494 e. The quantitative estimate of drug-likeness (QED) is 0.826. The fraction of sp³-hybridized carbons (Fsp3) is 0.200. The summed E-state index contributed by atoms with van der Waals surface area (Å²) in [6, 6.07) is 7.66. The Labute approximate surface area is 134 Å². The molecule has 1 amide bonds. The molecule has 8 heteroatoms. The second-order valence-electron chi connectivity index (χ2n) is 4.76. The number of amides is 1. The third-order valence-electron chi connectivity index (χ3n) is 2.89. The normalized spacial score (nSPS) is 11.0. The lowest BCUT2D eigenvalue weighted by atomic mass is 10.2. The zero-order valence-electron chi connectivity index (χ0n) is 12.5. The molecule has 7 nitrogen and oxygen atoms in total. The number of sulfonamides is 1. The van der Waals surface area contributed by atoms with Crippen molar-refractivity contribution in [3.05, 3.63) is 48.3 Å². The van der Waals surface area contributed by atoms with Crippen molar-refractivity contribution in [2.75, 3.05) is 11.9 Å². The summed E-state index contributed by atoms with van der Waals surface area (Å²) in [5.74, 6) is 0.0164. The maximum atomic E-state index is 12.1. The number of aromatic nitrogens is 1.